The van der Waals surface area contributed by atoms with Gasteiger partial charge >= 0.3 is 10.2 Å². The molecule has 4 N–H and O–H groups in total. The number of aromatic nitrogens is 1. The Kier molecular flexibility index (Phi) is 4.20. The van der Waals surface area contributed by atoms with Crippen molar-refractivity contribution in [1.29, 1.82) is 0 Å². The molecule has 2 aromatic heterocycles. The van der Waals surface area contributed by atoms with E-state index in [0.717, 1.165) is 0 Å². The molecule has 0 amide bonds. The molecule has 2 heterocycles. The summed E-state index contributed by atoms with van der Waals surface area (Å²) < 4.78 is 33.1. The summed E-state index contributed by atoms with van der Waals surface area (Å²) in [4.78, 5) is 4.15. The number of nitrogens with two attached hydrogens (primary N) is 1. The van der Waals surface area contributed by atoms with Gasteiger partial charge in [-0.1, -0.05) is 6.92 Å². The van der Waals surface area contributed by atoms with Crippen LogP contribution in [0.5, 0.6) is 0 Å². The summed E-state index contributed by atoms with van der Waals surface area (Å²) in [5.74, 6) is 1.21. The SMILES string of the molecule is CCNS(=O)(=O)Nc1nc(-c2ccc(CN)o2)cs1. The van der Waals surface area contributed by atoms with E-state index in [1.165, 1.54) is 11.3 Å². The van der Waals surface area contributed by atoms with Gasteiger partial charge in [0.1, 0.15) is 11.5 Å². The summed E-state index contributed by atoms with van der Waals surface area (Å²) in [6.45, 7) is 2.32. The van der Waals surface area contributed by atoms with Crippen molar-refractivity contribution >= 4 is 26.7 Å². The van der Waals surface area contributed by atoms with E-state index in [1.807, 2.05) is 0 Å². The van der Waals surface area contributed by atoms with E-state index < -0.39 is 10.2 Å². The molecule has 0 aliphatic heterocycles. The zero-order valence-electron chi connectivity index (χ0n) is 10.2. The Morgan fingerprint density at radius 1 is 1.47 bits per heavy atom. The quantitative estimate of drug-likeness (QED) is 0.741. The fourth-order valence-electron chi connectivity index (χ4n) is 1.40. The van der Waals surface area contributed by atoms with Crippen LogP contribution in [0.3, 0.4) is 0 Å². The van der Waals surface area contributed by atoms with Crippen LogP contribution in [-0.2, 0) is 16.8 Å². The molecule has 0 bridgehead atoms. The molecule has 0 fully saturated rings. The van der Waals surface area contributed by atoms with E-state index in [-0.39, 0.29) is 5.13 Å². The van der Waals surface area contributed by atoms with Crippen molar-refractivity contribution in [3.05, 3.63) is 23.3 Å². The van der Waals surface area contributed by atoms with Gasteiger partial charge in [0.15, 0.2) is 10.9 Å². The predicted molar refractivity (Wildman–Crippen MR) is 73.9 cm³/mol. The molecule has 2 rings (SSSR count). The first-order chi connectivity index (χ1) is 9.04. The first kappa shape index (κ1) is 14.0. The number of thiazole rings is 1. The van der Waals surface area contributed by atoms with Crippen molar-refractivity contribution in [1.82, 2.24) is 9.71 Å². The molecule has 0 saturated heterocycles. The third-order valence-electron chi connectivity index (χ3n) is 2.18. The summed E-state index contributed by atoms with van der Waals surface area (Å²) in [6.07, 6.45) is 0. The smallest absolute Gasteiger partial charge is 0.300 e. The zero-order chi connectivity index (χ0) is 13.9. The van der Waals surface area contributed by atoms with Crippen molar-refractivity contribution in [3.8, 4) is 11.5 Å². The number of anilines is 1. The molecule has 0 radical (unpaired) electrons. The van der Waals surface area contributed by atoms with Gasteiger partial charge in [-0.25, -0.2) is 9.71 Å². The molecule has 0 aliphatic carbocycles. The minimum atomic E-state index is -3.56. The minimum Gasteiger partial charge on any atom is -0.458 e. The van der Waals surface area contributed by atoms with Gasteiger partial charge < -0.3 is 10.2 Å². The molecule has 0 unspecified atom stereocenters. The van der Waals surface area contributed by atoms with Gasteiger partial charge in [-0.3, -0.25) is 0 Å². The van der Waals surface area contributed by atoms with Crippen LogP contribution in [0.1, 0.15) is 12.7 Å². The Balaban J connectivity index is 2.15. The Labute approximate surface area is 115 Å². The van der Waals surface area contributed by atoms with Crippen molar-refractivity contribution < 1.29 is 12.8 Å². The zero-order valence-corrected chi connectivity index (χ0v) is 11.8. The Morgan fingerprint density at radius 3 is 2.89 bits per heavy atom. The highest BCUT2D eigenvalue weighted by Crippen LogP contribution is 2.26. The number of hydrogen-bond donors (Lipinski definition) is 3. The van der Waals surface area contributed by atoms with E-state index in [2.05, 4.69) is 14.4 Å². The van der Waals surface area contributed by atoms with Gasteiger partial charge in [0.05, 0.1) is 6.54 Å². The Morgan fingerprint density at radius 2 is 2.26 bits per heavy atom. The molecular formula is C10H14N4O3S2. The molecule has 0 saturated carbocycles. The monoisotopic (exact) mass is 302 g/mol. The molecule has 0 atom stereocenters. The van der Waals surface area contributed by atoms with Gasteiger partial charge in [0.2, 0.25) is 0 Å². The van der Waals surface area contributed by atoms with Crippen molar-refractivity contribution in [2.75, 3.05) is 11.3 Å². The Hall–Kier alpha value is -1.42. The fraction of sp³-hybridized carbons (Fsp3) is 0.300. The molecular weight excluding hydrogens is 288 g/mol. The lowest BCUT2D eigenvalue weighted by Crippen LogP contribution is -2.29. The van der Waals surface area contributed by atoms with Gasteiger partial charge in [-0.05, 0) is 12.1 Å². The topological polar surface area (TPSA) is 110 Å². The number of rotatable bonds is 6. The van der Waals surface area contributed by atoms with Crippen LogP contribution in [0, 0.1) is 0 Å². The summed E-state index contributed by atoms with van der Waals surface area (Å²) in [5.41, 5.74) is 6.02. The van der Waals surface area contributed by atoms with Gasteiger partial charge in [-0.2, -0.15) is 13.1 Å². The van der Waals surface area contributed by atoms with E-state index >= 15 is 0 Å². The molecule has 104 valence electrons. The summed E-state index contributed by atoms with van der Waals surface area (Å²) in [5, 5.41) is 1.99. The minimum absolute atomic E-state index is 0.279. The molecule has 0 aromatic carbocycles. The summed E-state index contributed by atoms with van der Waals surface area (Å²) in [7, 11) is -3.56. The number of nitrogens with zero attached hydrogens (tertiary/aromatic N) is 1. The summed E-state index contributed by atoms with van der Waals surface area (Å²) >= 11 is 1.18. The lowest BCUT2D eigenvalue weighted by atomic mass is 10.3. The van der Waals surface area contributed by atoms with Crippen LogP contribution in [0.2, 0.25) is 0 Å². The highest BCUT2D eigenvalue weighted by molar-refractivity contribution is 7.91. The number of nitrogens with one attached hydrogen (secondary N) is 2. The van der Waals surface area contributed by atoms with Crippen LogP contribution in [0.4, 0.5) is 5.13 Å². The largest absolute Gasteiger partial charge is 0.458 e. The van der Waals surface area contributed by atoms with Crippen molar-refractivity contribution in [2.45, 2.75) is 13.5 Å². The van der Waals surface area contributed by atoms with Crippen LogP contribution in [0.25, 0.3) is 11.5 Å². The lowest BCUT2D eigenvalue weighted by Gasteiger charge is -2.03. The highest BCUT2D eigenvalue weighted by Gasteiger charge is 2.13. The average Bonchev–Trinajstić information content (AvgIpc) is 2.96. The third kappa shape index (κ3) is 3.53. The van der Waals surface area contributed by atoms with Crippen molar-refractivity contribution in [3.63, 3.8) is 0 Å². The second-order valence-corrected chi connectivity index (χ2v) is 5.97. The van der Waals surface area contributed by atoms with Crippen LogP contribution >= 0.6 is 11.3 Å². The standard InChI is InChI=1S/C10H14N4O3S2/c1-2-12-19(15,16)14-10-13-8(6-18-10)9-4-3-7(5-11)17-9/h3-4,6,12H,2,5,11H2,1H3,(H,13,14). The summed E-state index contributed by atoms with van der Waals surface area (Å²) in [6, 6.07) is 3.51. The van der Waals surface area contributed by atoms with E-state index in [4.69, 9.17) is 10.2 Å². The number of furan rings is 1. The van der Waals surface area contributed by atoms with E-state index in [0.29, 0.717) is 30.3 Å². The lowest BCUT2D eigenvalue weighted by molar-refractivity contribution is 0.524. The van der Waals surface area contributed by atoms with Crippen LogP contribution < -0.4 is 15.2 Å². The van der Waals surface area contributed by atoms with Crippen LogP contribution in [0.15, 0.2) is 21.9 Å². The van der Waals surface area contributed by atoms with E-state index in [9.17, 15) is 8.42 Å². The maximum absolute atomic E-state index is 11.5. The molecule has 0 spiro atoms. The van der Waals surface area contributed by atoms with Crippen LogP contribution in [-0.4, -0.2) is 19.9 Å². The predicted octanol–water partition coefficient (Wildman–Crippen LogP) is 1.13. The van der Waals surface area contributed by atoms with E-state index in [1.54, 1.807) is 24.4 Å². The molecule has 2 aromatic rings. The number of hydrogen-bond acceptors (Lipinski definition) is 6. The van der Waals surface area contributed by atoms with Gasteiger partial charge in [-0.15, -0.1) is 11.3 Å². The molecule has 19 heavy (non-hydrogen) atoms. The fourth-order valence-corrected chi connectivity index (χ4v) is 3.19. The molecule has 7 nitrogen and oxygen atoms in total. The first-order valence-electron chi connectivity index (χ1n) is 5.56. The Bertz CT molecular complexity index is 647. The van der Waals surface area contributed by atoms with Gasteiger partial charge in [0, 0.05) is 11.9 Å². The maximum Gasteiger partial charge on any atom is 0.300 e. The second-order valence-electron chi connectivity index (χ2n) is 3.61. The van der Waals surface area contributed by atoms with Gasteiger partial charge in [0.25, 0.3) is 0 Å². The van der Waals surface area contributed by atoms with Crippen molar-refractivity contribution in [2.24, 2.45) is 5.73 Å². The highest BCUT2D eigenvalue weighted by atomic mass is 32.2. The normalized spacial score (nSPS) is 11.7. The maximum atomic E-state index is 11.5. The molecule has 9 heteroatoms. The first-order valence-corrected chi connectivity index (χ1v) is 7.92. The third-order valence-corrected chi connectivity index (χ3v) is 4.19. The molecule has 0 aliphatic rings. The average molecular weight is 302 g/mol. The second kappa shape index (κ2) is 5.70.